The molecular weight excluding hydrogens is 366 g/mol. The third-order valence-corrected chi connectivity index (χ3v) is 4.77. The lowest BCUT2D eigenvalue weighted by molar-refractivity contribution is 0.0322. The number of aromatic nitrogens is 1. The fourth-order valence-corrected chi connectivity index (χ4v) is 3.19. The molecule has 7 nitrogen and oxygen atoms in total. The van der Waals surface area contributed by atoms with Crippen LogP contribution in [-0.4, -0.2) is 68.0 Å². The van der Waals surface area contributed by atoms with Gasteiger partial charge in [-0.2, -0.15) is 0 Å². The third kappa shape index (κ3) is 7.79. The molecule has 1 aromatic carbocycles. The van der Waals surface area contributed by atoms with Crippen LogP contribution >= 0.6 is 0 Å². The molecular formula is C22H33N5O2. The van der Waals surface area contributed by atoms with Crippen molar-refractivity contribution in [3.8, 4) is 5.75 Å². The number of aliphatic imine (C=N–C) groups is 1. The van der Waals surface area contributed by atoms with E-state index in [-0.39, 0.29) is 0 Å². The molecule has 2 heterocycles. The van der Waals surface area contributed by atoms with Crippen molar-refractivity contribution in [2.75, 3.05) is 52.5 Å². The lowest BCUT2D eigenvalue weighted by Gasteiger charge is -2.26. The van der Waals surface area contributed by atoms with Gasteiger partial charge in [-0.3, -0.25) is 4.90 Å². The van der Waals surface area contributed by atoms with Gasteiger partial charge in [0.05, 0.1) is 19.8 Å². The van der Waals surface area contributed by atoms with Crippen LogP contribution in [0, 0.1) is 0 Å². The number of nitrogens with zero attached hydrogens (tertiary/aromatic N) is 3. The molecule has 1 aliphatic heterocycles. The van der Waals surface area contributed by atoms with Crippen molar-refractivity contribution in [1.29, 1.82) is 0 Å². The first-order valence-electron chi connectivity index (χ1n) is 10.5. The van der Waals surface area contributed by atoms with E-state index >= 15 is 0 Å². The van der Waals surface area contributed by atoms with Gasteiger partial charge in [-0.1, -0.05) is 12.1 Å². The number of rotatable bonds is 10. The highest BCUT2D eigenvalue weighted by atomic mass is 16.5. The van der Waals surface area contributed by atoms with Gasteiger partial charge < -0.3 is 24.7 Å². The van der Waals surface area contributed by atoms with E-state index in [0.717, 1.165) is 69.8 Å². The molecule has 1 aliphatic rings. The van der Waals surface area contributed by atoms with Crippen LogP contribution in [-0.2, 0) is 17.8 Å². The molecule has 0 spiro atoms. The largest absolute Gasteiger partial charge is 0.492 e. The molecule has 0 amide bonds. The van der Waals surface area contributed by atoms with E-state index < -0.39 is 0 Å². The Morgan fingerprint density at radius 3 is 2.72 bits per heavy atom. The van der Waals surface area contributed by atoms with Crippen LogP contribution in [0.25, 0.3) is 0 Å². The summed E-state index contributed by atoms with van der Waals surface area (Å²) < 4.78 is 13.5. The summed E-state index contributed by atoms with van der Waals surface area (Å²) in [7, 11) is 0. The van der Waals surface area contributed by atoms with Crippen molar-refractivity contribution in [1.82, 2.24) is 20.1 Å². The van der Waals surface area contributed by atoms with Crippen LogP contribution < -0.4 is 15.4 Å². The molecule has 0 radical (unpaired) electrons. The molecule has 0 bridgehead atoms. The summed E-state index contributed by atoms with van der Waals surface area (Å²) in [4.78, 5) is 7.08. The Morgan fingerprint density at radius 1 is 1.10 bits per heavy atom. The van der Waals surface area contributed by atoms with Gasteiger partial charge in [-0.15, -0.1) is 0 Å². The predicted octanol–water partition coefficient (Wildman–Crippen LogP) is 1.95. The van der Waals surface area contributed by atoms with E-state index in [4.69, 9.17) is 14.5 Å². The average Bonchev–Trinajstić information content (AvgIpc) is 3.27. The Kier molecular flexibility index (Phi) is 8.88. The molecule has 2 aromatic rings. The Bertz CT molecular complexity index is 727. The van der Waals surface area contributed by atoms with Gasteiger partial charge in [0, 0.05) is 51.7 Å². The van der Waals surface area contributed by atoms with Gasteiger partial charge in [-0.25, -0.2) is 4.99 Å². The Hall–Kier alpha value is -2.51. The molecule has 1 saturated heterocycles. The summed E-state index contributed by atoms with van der Waals surface area (Å²) in [5, 5.41) is 6.69. The molecule has 2 N–H and O–H groups in total. The van der Waals surface area contributed by atoms with E-state index in [1.807, 2.05) is 24.3 Å². The summed E-state index contributed by atoms with van der Waals surface area (Å²) in [6, 6.07) is 12.3. The van der Waals surface area contributed by atoms with Crippen LogP contribution in [0.1, 0.15) is 12.5 Å². The van der Waals surface area contributed by atoms with E-state index in [9.17, 15) is 0 Å². The quantitative estimate of drug-likeness (QED) is 0.472. The second-order valence-electron chi connectivity index (χ2n) is 6.99. The van der Waals surface area contributed by atoms with Gasteiger partial charge in [0.1, 0.15) is 12.4 Å². The maximum atomic E-state index is 5.95. The van der Waals surface area contributed by atoms with Crippen LogP contribution in [0.3, 0.4) is 0 Å². The minimum Gasteiger partial charge on any atom is -0.492 e. The van der Waals surface area contributed by atoms with Gasteiger partial charge >= 0.3 is 0 Å². The van der Waals surface area contributed by atoms with Gasteiger partial charge in [0.2, 0.25) is 0 Å². The Labute approximate surface area is 173 Å². The molecule has 3 rings (SSSR count). The standard InChI is InChI=1S/C22H33N5O2/c1-2-23-22(24-8-11-26-9-3-4-10-26)25-19-20-6-5-7-21(18-20)29-17-14-27-12-15-28-16-13-27/h3-7,9-10,18H,2,8,11-17,19H2,1H3,(H2,23,24,25). The fraction of sp³-hybridized carbons (Fsp3) is 0.500. The monoisotopic (exact) mass is 399 g/mol. The molecule has 7 heteroatoms. The van der Waals surface area contributed by atoms with Gasteiger partial charge in [-0.05, 0) is 36.8 Å². The summed E-state index contributed by atoms with van der Waals surface area (Å²) in [6.45, 7) is 10.5. The molecule has 29 heavy (non-hydrogen) atoms. The van der Waals surface area contributed by atoms with Crippen molar-refractivity contribution < 1.29 is 9.47 Å². The molecule has 0 saturated carbocycles. The Morgan fingerprint density at radius 2 is 1.93 bits per heavy atom. The third-order valence-electron chi connectivity index (χ3n) is 4.77. The number of hydrogen-bond acceptors (Lipinski definition) is 4. The van der Waals surface area contributed by atoms with Crippen LogP contribution in [0.5, 0.6) is 5.75 Å². The zero-order chi connectivity index (χ0) is 20.2. The molecule has 1 aromatic heterocycles. The van der Waals surface area contributed by atoms with Crippen molar-refractivity contribution >= 4 is 5.96 Å². The Balaban J connectivity index is 1.44. The van der Waals surface area contributed by atoms with Gasteiger partial charge in [0.15, 0.2) is 5.96 Å². The normalized spacial score (nSPS) is 15.3. The maximum Gasteiger partial charge on any atom is 0.191 e. The molecule has 158 valence electrons. The maximum absolute atomic E-state index is 5.95. The number of benzene rings is 1. The first kappa shape index (κ1) is 21.2. The SMILES string of the molecule is CCNC(=NCc1cccc(OCCN2CCOCC2)c1)NCCn1cccc1. The number of nitrogens with one attached hydrogen (secondary N) is 2. The van der Waals surface area contributed by atoms with Crippen LogP contribution in [0.15, 0.2) is 53.8 Å². The molecule has 0 atom stereocenters. The highest BCUT2D eigenvalue weighted by molar-refractivity contribution is 5.79. The summed E-state index contributed by atoms with van der Waals surface area (Å²) in [5.74, 6) is 1.73. The fourth-order valence-electron chi connectivity index (χ4n) is 3.19. The van der Waals surface area contributed by atoms with Crippen molar-refractivity contribution in [2.24, 2.45) is 4.99 Å². The average molecular weight is 400 g/mol. The molecule has 0 aliphatic carbocycles. The lowest BCUT2D eigenvalue weighted by Crippen LogP contribution is -2.38. The first-order chi connectivity index (χ1) is 14.3. The second kappa shape index (κ2) is 12.1. The van der Waals surface area contributed by atoms with Crippen molar-refractivity contribution in [3.63, 3.8) is 0 Å². The highest BCUT2D eigenvalue weighted by Crippen LogP contribution is 2.14. The van der Waals surface area contributed by atoms with E-state index in [1.54, 1.807) is 0 Å². The van der Waals surface area contributed by atoms with Crippen LogP contribution in [0.2, 0.25) is 0 Å². The molecule has 0 unspecified atom stereocenters. The first-order valence-corrected chi connectivity index (χ1v) is 10.5. The van der Waals surface area contributed by atoms with Gasteiger partial charge in [0.25, 0.3) is 0 Å². The minimum atomic E-state index is 0.611. The van der Waals surface area contributed by atoms with Crippen LogP contribution in [0.4, 0.5) is 0 Å². The smallest absolute Gasteiger partial charge is 0.191 e. The number of ether oxygens (including phenoxy) is 2. The van der Waals surface area contributed by atoms with Crippen molar-refractivity contribution in [2.45, 2.75) is 20.0 Å². The van der Waals surface area contributed by atoms with E-state index in [2.05, 4.69) is 51.6 Å². The topological polar surface area (TPSA) is 63.1 Å². The molecule has 1 fully saturated rings. The highest BCUT2D eigenvalue weighted by Gasteiger charge is 2.09. The number of morpholine rings is 1. The summed E-state index contributed by atoms with van der Waals surface area (Å²) >= 11 is 0. The van der Waals surface area contributed by atoms with Crippen molar-refractivity contribution in [3.05, 3.63) is 54.4 Å². The zero-order valence-electron chi connectivity index (χ0n) is 17.3. The van der Waals surface area contributed by atoms with E-state index in [1.165, 1.54) is 0 Å². The minimum absolute atomic E-state index is 0.611. The second-order valence-corrected chi connectivity index (χ2v) is 6.99. The predicted molar refractivity (Wildman–Crippen MR) is 116 cm³/mol. The van der Waals surface area contributed by atoms with E-state index in [0.29, 0.717) is 13.2 Å². The number of hydrogen-bond donors (Lipinski definition) is 2. The summed E-state index contributed by atoms with van der Waals surface area (Å²) in [6.07, 6.45) is 4.13. The number of guanidine groups is 1. The summed E-state index contributed by atoms with van der Waals surface area (Å²) in [5.41, 5.74) is 1.14. The zero-order valence-corrected chi connectivity index (χ0v) is 17.3. The lowest BCUT2D eigenvalue weighted by atomic mass is 10.2.